The van der Waals surface area contributed by atoms with E-state index in [4.69, 9.17) is 9.15 Å². The van der Waals surface area contributed by atoms with Gasteiger partial charge < -0.3 is 9.15 Å². The molecule has 3 heterocycles. The van der Waals surface area contributed by atoms with Gasteiger partial charge >= 0.3 is 6.03 Å². The van der Waals surface area contributed by atoms with Gasteiger partial charge in [-0.25, -0.2) is 4.79 Å². The highest BCUT2D eigenvalue weighted by atomic mass is 16.5. The van der Waals surface area contributed by atoms with Crippen molar-refractivity contribution in [1.82, 2.24) is 10.6 Å². The van der Waals surface area contributed by atoms with E-state index in [9.17, 15) is 14.4 Å². The lowest BCUT2D eigenvalue weighted by atomic mass is 9.80. The number of fused-ring (bicyclic) bond motifs is 1. The predicted octanol–water partition coefficient (Wildman–Crippen LogP) is 3.82. The normalized spacial score (nSPS) is 18.0. The summed E-state index contributed by atoms with van der Waals surface area (Å²) in [6, 6.07) is 18.2. The summed E-state index contributed by atoms with van der Waals surface area (Å²) in [4.78, 5) is 36.4. The Morgan fingerprint density at radius 2 is 1.59 bits per heavy atom. The molecule has 3 aromatic rings. The second-order valence-electron chi connectivity index (χ2n) is 7.54. The zero-order chi connectivity index (χ0) is 22.2. The molecule has 158 valence electrons. The van der Waals surface area contributed by atoms with Crippen LogP contribution in [0.1, 0.15) is 28.4 Å². The lowest BCUT2D eigenvalue weighted by Crippen LogP contribution is -2.51. The Labute approximate surface area is 183 Å². The van der Waals surface area contributed by atoms with Crippen LogP contribution in [0.25, 0.3) is 5.76 Å². The molecule has 5 rings (SSSR count). The summed E-state index contributed by atoms with van der Waals surface area (Å²) in [7, 11) is 0. The maximum absolute atomic E-state index is 12.5. The van der Waals surface area contributed by atoms with Crippen molar-refractivity contribution in [3.63, 3.8) is 0 Å². The average molecular weight is 426 g/mol. The molecule has 2 aliphatic heterocycles. The van der Waals surface area contributed by atoms with Gasteiger partial charge in [-0.2, -0.15) is 0 Å². The van der Waals surface area contributed by atoms with Crippen molar-refractivity contribution in [3.05, 3.63) is 107 Å². The van der Waals surface area contributed by atoms with Crippen LogP contribution in [0.3, 0.4) is 0 Å². The Morgan fingerprint density at radius 3 is 2.28 bits per heavy atom. The minimum atomic E-state index is -0.849. The molecule has 1 atom stereocenters. The van der Waals surface area contributed by atoms with Gasteiger partial charge in [0.15, 0.2) is 11.5 Å². The number of furan rings is 1. The summed E-state index contributed by atoms with van der Waals surface area (Å²) in [5.41, 5.74) is 3.32. The smallest absolute Gasteiger partial charge is 0.328 e. The maximum atomic E-state index is 12.5. The van der Waals surface area contributed by atoms with Crippen LogP contribution in [0, 0.1) is 6.92 Å². The van der Waals surface area contributed by atoms with Crippen molar-refractivity contribution < 1.29 is 23.5 Å². The van der Waals surface area contributed by atoms with Crippen LogP contribution in [0.4, 0.5) is 4.79 Å². The molecule has 1 saturated heterocycles. The monoisotopic (exact) mass is 426 g/mol. The first-order valence-corrected chi connectivity index (χ1v) is 10.0. The molecule has 0 aliphatic carbocycles. The molecule has 1 unspecified atom stereocenters. The van der Waals surface area contributed by atoms with Crippen LogP contribution >= 0.6 is 0 Å². The lowest BCUT2D eigenvalue weighted by molar-refractivity contribution is -0.124. The summed E-state index contributed by atoms with van der Waals surface area (Å²) in [5.74, 6) is -0.385. The van der Waals surface area contributed by atoms with Gasteiger partial charge in [0.25, 0.3) is 11.8 Å². The number of urea groups is 1. The van der Waals surface area contributed by atoms with Crippen molar-refractivity contribution in [2.45, 2.75) is 12.8 Å². The third kappa shape index (κ3) is 3.39. The predicted molar refractivity (Wildman–Crippen MR) is 115 cm³/mol. The van der Waals surface area contributed by atoms with Crippen LogP contribution in [0.15, 0.2) is 88.6 Å². The van der Waals surface area contributed by atoms with Crippen molar-refractivity contribution in [3.8, 4) is 5.75 Å². The highest BCUT2D eigenvalue weighted by Crippen LogP contribution is 2.46. The van der Waals surface area contributed by atoms with Gasteiger partial charge in [0.05, 0.1) is 6.26 Å². The number of carbonyl (C=O) groups excluding carboxylic acids is 3. The number of barbiturate groups is 1. The molecule has 7 nitrogen and oxygen atoms in total. The first-order valence-electron chi connectivity index (χ1n) is 10.0. The highest BCUT2D eigenvalue weighted by Gasteiger charge is 2.35. The number of ether oxygens (including phenoxy) is 1. The van der Waals surface area contributed by atoms with Crippen LogP contribution in [0.5, 0.6) is 5.75 Å². The van der Waals surface area contributed by atoms with E-state index in [-0.39, 0.29) is 11.5 Å². The van der Waals surface area contributed by atoms with Crippen LogP contribution in [0.2, 0.25) is 0 Å². The number of hydrogen-bond donors (Lipinski definition) is 2. The summed E-state index contributed by atoms with van der Waals surface area (Å²) >= 11 is 0. The van der Waals surface area contributed by atoms with Crippen molar-refractivity contribution in [1.29, 1.82) is 0 Å². The Balaban J connectivity index is 1.77. The van der Waals surface area contributed by atoms with Gasteiger partial charge in [-0.3, -0.25) is 20.2 Å². The molecule has 2 N–H and O–H groups in total. The van der Waals surface area contributed by atoms with Gasteiger partial charge in [-0.15, -0.1) is 0 Å². The molecule has 1 fully saturated rings. The lowest BCUT2D eigenvalue weighted by Gasteiger charge is -2.30. The number of hydrogen-bond acceptors (Lipinski definition) is 5. The fraction of sp³-hybridized carbons (Fsp3) is 0.0800. The Morgan fingerprint density at radius 1 is 0.875 bits per heavy atom. The van der Waals surface area contributed by atoms with Gasteiger partial charge in [0, 0.05) is 17.1 Å². The summed E-state index contributed by atoms with van der Waals surface area (Å²) in [5, 5.41) is 4.23. The third-order valence-corrected chi connectivity index (χ3v) is 5.41. The Hall–Kier alpha value is -4.39. The fourth-order valence-electron chi connectivity index (χ4n) is 3.91. The standard InChI is InChI=1S/C25H18N2O5/c1-14-8-10-15(11-9-14)21-16-5-2-3-6-19(16)32-22(20-7-4-12-31-20)17(21)13-18-23(28)26-25(30)27-24(18)29/h2-13,21H,1H3,(H2,26,27,28,29,30). The SMILES string of the molecule is Cc1ccc(C2C(C=C3C(=O)NC(=O)NC3=O)=C(c3ccco3)Oc3ccccc32)cc1. The first-order chi connectivity index (χ1) is 15.5. The van der Waals surface area contributed by atoms with E-state index in [1.807, 2.05) is 55.5 Å². The maximum Gasteiger partial charge on any atom is 0.328 e. The van der Waals surface area contributed by atoms with Gasteiger partial charge in [0.2, 0.25) is 0 Å². The third-order valence-electron chi connectivity index (χ3n) is 5.41. The van der Waals surface area contributed by atoms with E-state index < -0.39 is 17.8 Å². The van der Waals surface area contributed by atoms with E-state index >= 15 is 0 Å². The number of carbonyl (C=O) groups is 3. The fourth-order valence-corrected chi connectivity index (χ4v) is 3.91. The van der Waals surface area contributed by atoms with Crippen molar-refractivity contribution in [2.75, 3.05) is 0 Å². The number of allylic oxidation sites excluding steroid dienone is 2. The van der Waals surface area contributed by atoms with E-state index in [0.29, 0.717) is 22.8 Å². The summed E-state index contributed by atoms with van der Waals surface area (Å²) < 4.78 is 11.8. The van der Waals surface area contributed by atoms with E-state index in [0.717, 1.165) is 16.7 Å². The molecular formula is C25H18N2O5. The average Bonchev–Trinajstić information content (AvgIpc) is 3.31. The van der Waals surface area contributed by atoms with Gasteiger partial charge in [-0.05, 0) is 36.8 Å². The number of nitrogens with one attached hydrogen (secondary N) is 2. The van der Waals surface area contributed by atoms with Crippen LogP contribution in [-0.2, 0) is 9.59 Å². The zero-order valence-corrected chi connectivity index (χ0v) is 17.0. The quantitative estimate of drug-likeness (QED) is 0.490. The number of para-hydroxylation sites is 1. The minimum Gasteiger partial charge on any atom is -0.461 e. The number of benzene rings is 2. The van der Waals surface area contributed by atoms with Crippen LogP contribution < -0.4 is 15.4 Å². The number of rotatable bonds is 3. The van der Waals surface area contributed by atoms with E-state index in [2.05, 4.69) is 10.6 Å². The van der Waals surface area contributed by atoms with E-state index in [1.165, 1.54) is 12.3 Å². The molecule has 1 aromatic heterocycles. The number of aryl methyl sites for hydroxylation is 1. The molecule has 0 radical (unpaired) electrons. The molecule has 2 aliphatic rings. The molecule has 4 amide bonds. The second kappa shape index (κ2) is 7.70. The van der Waals surface area contributed by atoms with Gasteiger partial charge in [-0.1, -0.05) is 48.0 Å². The number of amides is 4. The topological polar surface area (TPSA) is 97.6 Å². The molecule has 0 saturated carbocycles. The second-order valence-corrected chi connectivity index (χ2v) is 7.54. The summed E-state index contributed by atoms with van der Waals surface area (Å²) in [6.07, 6.45) is 2.99. The molecule has 0 spiro atoms. The Kier molecular flexibility index (Phi) is 4.71. The van der Waals surface area contributed by atoms with Crippen molar-refractivity contribution in [2.24, 2.45) is 0 Å². The van der Waals surface area contributed by atoms with Gasteiger partial charge in [0.1, 0.15) is 11.3 Å². The number of imide groups is 2. The Bertz CT molecular complexity index is 1280. The van der Waals surface area contributed by atoms with Crippen LogP contribution in [-0.4, -0.2) is 17.8 Å². The van der Waals surface area contributed by atoms with E-state index in [1.54, 1.807) is 12.1 Å². The van der Waals surface area contributed by atoms with Crippen molar-refractivity contribution >= 4 is 23.6 Å². The molecule has 32 heavy (non-hydrogen) atoms. The minimum absolute atomic E-state index is 0.191. The molecule has 0 bridgehead atoms. The molecule has 7 heteroatoms. The molecular weight excluding hydrogens is 408 g/mol. The zero-order valence-electron chi connectivity index (χ0n) is 17.0. The first kappa shape index (κ1) is 19.6. The highest BCUT2D eigenvalue weighted by molar-refractivity contribution is 6.29. The largest absolute Gasteiger partial charge is 0.461 e. The summed E-state index contributed by atoms with van der Waals surface area (Å²) in [6.45, 7) is 2.00. The molecule has 2 aromatic carbocycles.